The van der Waals surface area contributed by atoms with Gasteiger partial charge in [-0.05, 0) is 18.6 Å². The van der Waals surface area contributed by atoms with Gasteiger partial charge in [-0.15, -0.1) is 0 Å². The maximum absolute atomic E-state index is 12.1. The van der Waals surface area contributed by atoms with Gasteiger partial charge in [-0.25, -0.2) is 4.79 Å². The molecular formula is C17H17N3O5. The summed E-state index contributed by atoms with van der Waals surface area (Å²) >= 11 is 0. The molecule has 0 radical (unpaired) electrons. The van der Waals surface area contributed by atoms with Crippen LogP contribution in [0, 0.1) is 10.1 Å². The third-order valence-corrected chi connectivity index (χ3v) is 3.43. The second-order valence-corrected chi connectivity index (χ2v) is 5.28. The smallest absolute Gasteiger partial charge is 0.341 e. The maximum atomic E-state index is 12.1. The summed E-state index contributed by atoms with van der Waals surface area (Å²) < 4.78 is 5.05. The molecule has 25 heavy (non-hydrogen) atoms. The Hall–Kier alpha value is -3.42. The molecule has 2 rings (SSSR count). The summed E-state index contributed by atoms with van der Waals surface area (Å²) in [5, 5.41) is 13.4. The van der Waals surface area contributed by atoms with E-state index in [1.807, 2.05) is 30.3 Å². The molecule has 0 fully saturated rings. The number of nitrogens with one attached hydrogen (secondary N) is 1. The van der Waals surface area contributed by atoms with Crippen molar-refractivity contribution < 1.29 is 19.2 Å². The van der Waals surface area contributed by atoms with E-state index in [4.69, 9.17) is 10.5 Å². The van der Waals surface area contributed by atoms with E-state index in [0.717, 1.165) is 11.6 Å². The molecule has 3 N–H and O–H groups in total. The lowest BCUT2D eigenvalue weighted by molar-refractivity contribution is -0.384. The summed E-state index contributed by atoms with van der Waals surface area (Å²) in [6.45, 7) is 1.70. The highest BCUT2D eigenvalue weighted by atomic mass is 16.6. The number of esters is 1. The topological polar surface area (TPSA) is 125 Å². The van der Waals surface area contributed by atoms with Gasteiger partial charge in [0.1, 0.15) is 0 Å². The van der Waals surface area contributed by atoms with Crippen LogP contribution in [0.15, 0.2) is 48.5 Å². The molecule has 0 heterocycles. The Morgan fingerprint density at radius 1 is 1.24 bits per heavy atom. The third kappa shape index (κ3) is 4.77. The highest BCUT2D eigenvalue weighted by Gasteiger charge is 2.22. The second kappa shape index (κ2) is 7.91. The van der Waals surface area contributed by atoms with E-state index in [1.54, 1.807) is 0 Å². The average Bonchev–Trinajstić information content (AvgIpc) is 2.60. The van der Waals surface area contributed by atoms with Crippen LogP contribution in [0.1, 0.15) is 22.8 Å². The van der Waals surface area contributed by atoms with Crippen LogP contribution in [0.4, 0.5) is 11.4 Å². The molecule has 8 nitrogen and oxygen atoms in total. The predicted molar refractivity (Wildman–Crippen MR) is 90.7 cm³/mol. The first kappa shape index (κ1) is 17.9. The Balaban J connectivity index is 1.98. The van der Waals surface area contributed by atoms with E-state index in [-0.39, 0.29) is 16.9 Å². The van der Waals surface area contributed by atoms with Crippen LogP contribution in [-0.4, -0.2) is 22.9 Å². The summed E-state index contributed by atoms with van der Waals surface area (Å²) in [7, 11) is 0. The van der Waals surface area contributed by atoms with Crippen LogP contribution in [0.3, 0.4) is 0 Å². The van der Waals surface area contributed by atoms with Crippen LogP contribution >= 0.6 is 0 Å². The maximum Gasteiger partial charge on any atom is 0.341 e. The number of ether oxygens (including phenoxy) is 1. The van der Waals surface area contributed by atoms with Crippen molar-refractivity contribution in [2.45, 2.75) is 19.6 Å². The molecule has 1 amide bonds. The van der Waals surface area contributed by atoms with Gasteiger partial charge in [0.15, 0.2) is 6.10 Å². The van der Waals surface area contributed by atoms with Crippen molar-refractivity contribution in [1.82, 2.24) is 5.32 Å². The monoisotopic (exact) mass is 343 g/mol. The number of nitrogens with zero attached hydrogens (tertiary/aromatic N) is 1. The first-order valence-corrected chi connectivity index (χ1v) is 7.45. The highest BCUT2D eigenvalue weighted by molar-refractivity contribution is 5.97. The van der Waals surface area contributed by atoms with Crippen LogP contribution in [0.2, 0.25) is 0 Å². The highest BCUT2D eigenvalue weighted by Crippen LogP contribution is 2.21. The number of non-ortho nitro benzene ring substituents is 1. The van der Waals surface area contributed by atoms with E-state index in [1.165, 1.54) is 19.1 Å². The fourth-order valence-electron chi connectivity index (χ4n) is 2.04. The van der Waals surface area contributed by atoms with Crippen molar-refractivity contribution >= 4 is 23.3 Å². The van der Waals surface area contributed by atoms with Gasteiger partial charge in [-0.1, -0.05) is 30.3 Å². The number of hydrogen-bond donors (Lipinski definition) is 2. The lowest BCUT2D eigenvalue weighted by atomic mass is 10.1. The minimum Gasteiger partial charge on any atom is -0.449 e. The van der Waals surface area contributed by atoms with Crippen LogP contribution in [0.5, 0.6) is 0 Å². The number of carbonyl (C=O) groups excluding carboxylic acids is 2. The predicted octanol–water partition coefficient (Wildman–Crippen LogP) is 2.04. The third-order valence-electron chi connectivity index (χ3n) is 3.43. The lowest BCUT2D eigenvalue weighted by Gasteiger charge is -2.14. The van der Waals surface area contributed by atoms with Gasteiger partial charge in [0.25, 0.3) is 11.6 Å². The van der Waals surface area contributed by atoms with Gasteiger partial charge in [0.2, 0.25) is 0 Å². The number of anilines is 1. The average molecular weight is 343 g/mol. The fraction of sp³-hybridized carbons (Fsp3) is 0.176. The number of amides is 1. The molecule has 0 spiro atoms. The number of benzene rings is 2. The Kier molecular flexibility index (Phi) is 5.67. The molecule has 2 aromatic rings. The number of nitrogens with two attached hydrogens (primary N) is 1. The second-order valence-electron chi connectivity index (χ2n) is 5.28. The summed E-state index contributed by atoms with van der Waals surface area (Å²) in [5.74, 6) is -1.38. The molecule has 0 saturated carbocycles. The van der Waals surface area contributed by atoms with E-state index < -0.39 is 22.9 Å². The first-order valence-electron chi connectivity index (χ1n) is 7.45. The molecule has 0 aliphatic carbocycles. The van der Waals surface area contributed by atoms with Gasteiger partial charge in [-0.3, -0.25) is 14.9 Å². The van der Waals surface area contributed by atoms with Gasteiger partial charge >= 0.3 is 5.97 Å². The van der Waals surface area contributed by atoms with Crippen LogP contribution < -0.4 is 11.1 Å². The molecule has 0 unspecified atom stereocenters. The van der Waals surface area contributed by atoms with E-state index >= 15 is 0 Å². The van der Waals surface area contributed by atoms with Gasteiger partial charge in [0.05, 0.1) is 10.5 Å². The fourth-order valence-corrected chi connectivity index (χ4v) is 2.04. The largest absolute Gasteiger partial charge is 0.449 e. The summed E-state index contributed by atoms with van der Waals surface area (Å²) in [6.07, 6.45) is -1.07. The number of hydrogen-bond acceptors (Lipinski definition) is 6. The van der Waals surface area contributed by atoms with Crippen LogP contribution in [0.25, 0.3) is 0 Å². The number of nitro groups is 1. The summed E-state index contributed by atoms with van der Waals surface area (Å²) in [6, 6.07) is 12.7. The molecular weight excluding hydrogens is 326 g/mol. The summed E-state index contributed by atoms with van der Waals surface area (Å²) in [4.78, 5) is 34.3. The molecule has 0 aliphatic heterocycles. The molecule has 8 heteroatoms. The minimum atomic E-state index is -1.07. The molecule has 1 atom stereocenters. The number of nitrogen functional groups attached to an aromatic ring is 1. The molecule has 2 aromatic carbocycles. The van der Waals surface area contributed by atoms with Crippen molar-refractivity contribution in [2.75, 3.05) is 5.73 Å². The van der Waals surface area contributed by atoms with Gasteiger partial charge in [0, 0.05) is 24.4 Å². The molecule has 0 bridgehead atoms. The number of nitro benzene ring substituents is 1. The zero-order valence-corrected chi connectivity index (χ0v) is 13.5. The van der Waals surface area contributed by atoms with Crippen molar-refractivity contribution in [3.63, 3.8) is 0 Å². The SMILES string of the molecule is C[C@H](OC(=O)c1cc([N+](=O)[O-])ccc1N)C(=O)NCc1ccccc1. The standard InChI is InChI=1S/C17H17N3O5/c1-11(16(21)19-10-12-5-3-2-4-6-12)25-17(22)14-9-13(20(23)24)7-8-15(14)18/h2-9,11H,10,18H2,1H3,(H,19,21)/t11-/m0/s1. The van der Waals surface area contributed by atoms with E-state index in [9.17, 15) is 19.7 Å². The van der Waals surface area contributed by atoms with Gasteiger partial charge in [-0.2, -0.15) is 0 Å². The Morgan fingerprint density at radius 2 is 1.92 bits per heavy atom. The van der Waals surface area contributed by atoms with E-state index in [0.29, 0.717) is 6.54 Å². The van der Waals surface area contributed by atoms with Crippen molar-refractivity contribution in [3.8, 4) is 0 Å². The summed E-state index contributed by atoms with van der Waals surface area (Å²) in [5.41, 5.74) is 6.14. The molecule has 0 saturated heterocycles. The zero-order valence-electron chi connectivity index (χ0n) is 13.5. The Labute approximate surface area is 143 Å². The minimum absolute atomic E-state index is 0.0347. The number of rotatable bonds is 6. The molecule has 0 aliphatic rings. The normalized spacial score (nSPS) is 11.4. The number of carbonyl (C=O) groups is 2. The van der Waals surface area contributed by atoms with Crippen molar-refractivity contribution in [2.24, 2.45) is 0 Å². The van der Waals surface area contributed by atoms with Gasteiger partial charge < -0.3 is 15.8 Å². The lowest BCUT2D eigenvalue weighted by Crippen LogP contribution is -2.35. The zero-order chi connectivity index (χ0) is 18.4. The molecule has 130 valence electrons. The quantitative estimate of drug-likeness (QED) is 0.358. The van der Waals surface area contributed by atoms with Crippen molar-refractivity contribution in [1.29, 1.82) is 0 Å². The Morgan fingerprint density at radius 3 is 2.56 bits per heavy atom. The Bertz CT molecular complexity index is 792. The van der Waals surface area contributed by atoms with Crippen molar-refractivity contribution in [3.05, 3.63) is 69.8 Å². The van der Waals surface area contributed by atoms with Crippen LogP contribution in [-0.2, 0) is 16.1 Å². The first-order chi connectivity index (χ1) is 11.9. The van der Waals surface area contributed by atoms with E-state index in [2.05, 4.69) is 5.32 Å². The molecule has 0 aromatic heterocycles.